The molecule has 0 saturated heterocycles. The summed E-state index contributed by atoms with van der Waals surface area (Å²) >= 11 is 0. The summed E-state index contributed by atoms with van der Waals surface area (Å²) in [6.45, 7) is 1.47. The number of hydrogen-bond acceptors (Lipinski definition) is 1. The zero-order valence-electron chi connectivity index (χ0n) is 6.29. The van der Waals surface area contributed by atoms with Crippen LogP contribution in [0.5, 0.6) is 0 Å². The van der Waals surface area contributed by atoms with E-state index in [-0.39, 0.29) is 49.8 Å². The zero-order valence-corrected chi connectivity index (χ0v) is 11.0. The SMILES string of the molecule is CC(=O)c1ccccc1[NH-].[Ac]. The van der Waals surface area contributed by atoms with Gasteiger partial charge in [-0.05, 0) is 6.92 Å². The van der Waals surface area contributed by atoms with E-state index >= 15 is 0 Å². The molecular weight excluding hydrogens is 353 g/mol. The molecule has 2 nitrogen and oxygen atoms in total. The minimum Gasteiger partial charge on any atom is -0.698 e. The predicted molar refractivity (Wildman–Crippen MR) is 40.4 cm³/mol. The number of nitrogens with one attached hydrogen (secondary N) is 1. The van der Waals surface area contributed by atoms with Crippen molar-refractivity contribution in [2.75, 3.05) is 0 Å². The summed E-state index contributed by atoms with van der Waals surface area (Å²) in [6.07, 6.45) is 0. The fourth-order valence-electron chi connectivity index (χ4n) is 0.790. The molecule has 1 rings (SSSR count). The summed E-state index contributed by atoms with van der Waals surface area (Å²) in [4.78, 5) is 10.7. The first-order valence-corrected chi connectivity index (χ1v) is 3.03. The smallest absolute Gasteiger partial charge is 0.158 e. The Bertz CT molecular complexity index is 260. The molecule has 0 heterocycles. The molecule has 0 atom stereocenters. The van der Waals surface area contributed by atoms with E-state index in [1.54, 1.807) is 24.3 Å². The molecule has 11 heavy (non-hydrogen) atoms. The standard InChI is InChI=1S/C8H9NO.Ac/c1-6(10)7-4-2-3-5-8(7)9;/h2-5H,1H3,(H2,9,10);/p-1. The third-order valence-electron chi connectivity index (χ3n) is 1.31. The van der Waals surface area contributed by atoms with Gasteiger partial charge < -0.3 is 5.73 Å². The molecule has 0 aromatic heterocycles. The van der Waals surface area contributed by atoms with Crippen LogP contribution in [0.25, 0.3) is 5.73 Å². The van der Waals surface area contributed by atoms with Crippen molar-refractivity contribution in [1.29, 1.82) is 0 Å². The van der Waals surface area contributed by atoms with Crippen LogP contribution in [-0.2, 0) is 0 Å². The maximum atomic E-state index is 10.7. The minimum absolute atomic E-state index is 0. The van der Waals surface area contributed by atoms with Crippen molar-refractivity contribution >= 4 is 11.5 Å². The van der Waals surface area contributed by atoms with Gasteiger partial charge >= 0.3 is 0 Å². The molecule has 0 bridgehead atoms. The van der Waals surface area contributed by atoms with Gasteiger partial charge in [-0.2, -0.15) is 0 Å². The number of hydrogen-bond donors (Lipinski definition) is 0. The second-order valence-electron chi connectivity index (χ2n) is 2.10. The molecule has 1 radical (unpaired) electrons. The normalized spacial score (nSPS) is 8.45. The zero-order chi connectivity index (χ0) is 7.56. The van der Waals surface area contributed by atoms with Crippen molar-refractivity contribution < 1.29 is 48.9 Å². The van der Waals surface area contributed by atoms with Crippen LogP contribution in [0.3, 0.4) is 0 Å². The van der Waals surface area contributed by atoms with Gasteiger partial charge in [0.25, 0.3) is 0 Å². The average molecular weight is 361 g/mol. The summed E-state index contributed by atoms with van der Waals surface area (Å²) in [5.41, 5.74) is 8.07. The van der Waals surface area contributed by atoms with Gasteiger partial charge in [-0.1, -0.05) is 24.3 Å². The van der Waals surface area contributed by atoms with E-state index in [9.17, 15) is 4.79 Å². The Balaban J connectivity index is 0.000001000. The summed E-state index contributed by atoms with van der Waals surface area (Å²) in [6, 6.07) is 6.77. The van der Waals surface area contributed by atoms with Gasteiger partial charge in [0, 0.05) is 49.6 Å². The van der Waals surface area contributed by atoms with E-state index in [1.807, 2.05) is 0 Å². The van der Waals surface area contributed by atoms with Crippen molar-refractivity contribution in [3.05, 3.63) is 35.6 Å². The molecule has 0 aliphatic rings. The molecule has 0 amide bonds. The van der Waals surface area contributed by atoms with E-state index in [0.29, 0.717) is 11.3 Å². The Kier molecular flexibility index (Phi) is 4.96. The first-order chi connectivity index (χ1) is 4.72. The number of rotatable bonds is 1. The molecule has 0 spiro atoms. The van der Waals surface area contributed by atoms with Gasteiger partial charge in [-0.15, -0.1) is 5.69 Å². The third-order valence-corrected chi connectivity index (χ3v) is 1.31. The molecule has 55 valence electrons. The van der Waals surface area contributed by atoms with Crippen molar-refractivity contribution in [1.82, 2.24) is 0 Å². The number of benzene rings is 1. The molecule has 0 fully saturated rings. The molecule has 0 aliphatic carbocycles. The maximum Gasteiger partial charge on any atom is 0.158 e. The Labute approximate surface area is 102 Å². The fraction of sp³-hybridized carbons (Fsp3) is 0.125. The van der Waals surface area contributed by atoms with Crippen molar-refractivity contribution in [3.8, 4) is 0 Å². The van der Waals surface area contributed by atoms with Crippen molar-refractivity contribution in [2.45, 2.75) is 6.92 Å². The third kappa shape index (κ3) is 2.93. The second-order valence-corrected chi connectivity index (χ2v) is 2.10. The molecule has 0 saturated carbocycles. The van der Waals surface area contributed by atoms with Gasteiger partial charge in [0.1, 0.15) is 0 Å². The summed E-state index contributed by atoms with van der Waals surface area (Å²) in [7, 11) is 0. The number of Topliss-reactive ketones (excluding diaryl/α,β-unsaturated/α-hetero) is 1. The van der Waals surface area contributed by atoms with Crippen molar-refractivity contribution in [2.24, 2.45) is 0 Å². The number of carbonyl (C=O) groups is 1. The van der Waals surface area contributed by atoms with E-state index in [2.05, 4.69) is 0 Å². The summed E-state index contributed by atoms with van der Waals surface area (Å²) < 4.78 is 0. The largest absolute Gasteiger partial charge is 0.698 e. The van der Waals surface area contributed by atoms with E-state index < -0.39 is 0 Å². The molecule has 3 heteroatoms. The van der Waals surface area contributed by atoms with Gasteiger partial charge in [-0.3, -0.25) is 4.79 Å². The first kappa shape index (κ1) is 11.1. The van der Waals surface area contributed by atoms with Crippen LogP contribution in [0.2, 0.25) is 0 Å². The average Bonchev–Trinajstić information content (AvgIpc) is 1.88. The Morgan fingerprint density at radius 2 is 1.91 bits per heavy atom. The quantitative estimate of drug-likeness (QED) is 0.709. The second kappa shape index (κ2) is 4.90. The van der Waals surface area contributed by atoms with E-state index in [1.165, 1.54) is 6.92 Å². The summed E-state index contributed by atoms with van der Waals surface area (Å²) in [5, 5.41) is 0. The Hall–Kier alpha value is 0.132. The van der Waals surface area contributed by atoms with Gasteiger partial charge in [0.2, 0.25) is 0 Å². The summed E-state index contributed by atoms with van der Waals surface area (Å²) in [5.74, 6) is -0.0504. The maximum absolute atomic E-state index is 10.7. The first-order valence-electron chi connectivity index (χ1n) is 3.03. The molecular formula is C8H8AcNO-. The monoisotopic (exact) mass is 361 g/mol. The van der Waals surface area contributed by atoms with E-state index in [4.69, 9.17) is 5.73 Å². The van der Waals surface area contributed by atoms with Crippen LogP contribution in [0.1, 0.15) is 17.3 Å². The van der Waals surface area contributed by atoms with Crippen LogP contribution >= 0.6 is 0 Å². The molecule has 1 aromatic carbocycles. The Morgan fingerprint density at radius 1 is 1.36 bits per heavy atom. The van der Waals surface area contributed by atoms with Gasteiger partial charge in [0.05, 0.1) is 0 Å². The fourth-order valence-corrected chi connectivity index (χ4v) is 0.790. The number of carbonyl (C=O) groups excluding carboxylic acids is 1. The minimum atomic E-state index is -0.0504. The topological polar surface area (TPSA) is 40.9 Å². The van der Waals surface area contributed by atoms with Gasteiger partial charge in [-0.25, -0.2) is 0 Å². The molecule has 0 unspecified atom stereocenters. The van der Waals surface area contributed by atoms with Crippen LogP contribution in [0, 0.1) is 44.1 Å². The van der Waals surface area contributed by atoms with E-state index in [0.717, 1.165) is 0 Å². The molecule has 0 aliphatic heterocycles. The number of ketones is 1. The van der Waals surface area contributed by atoms with Crippen molar-refractivity contribution in [3.63, 3.8) is 0 Å². The van der Waals surface area contributed by atoms with Crippen LogP contribution in [-0.4, -0.2) is 5.78 Å². The Morgan fingerprint density at radius 3 is 2.27 bits per heavy atom. The predicted octanol–water partition coefficient (Wildman–Crippen LogP) is 2.57. The van der Waals surface area contributed by atoms with Crippen LogP contribution < -0.4 is 0 Å². The van der Waals surface area contributed by atoms with Crippen LogP contribution in [0.15, 0.2) is 24.3 Å². The van der Waals surface area contributed by atoms with Crippen LogP contribution in [0.4, 0.5) is 5.69 Å². The van der Waals surface area contributed by atoms with Gasteiger partial charge in [0.15, 0.2) is 5.78 Å². The molecule has 1 aromatic rings. The molecule has 1 N–H and O–H groups in total.